The van der Waals surface area contributed by atoms with Crippen LogP contribution in [0.5, 0.6) is 0 Å². The molecule has 2 N–H and O–H groups in total. The Morgan fingerprint density at radius 3 is 2.10 bits per heavy atom. The number of amides is 2. The Labute approximate surface area is 240 Å². The van der Waals surface area contributed by atoms with E-state index in [9.17, 15) is 14.4 Å². The van der Waals surface area contributed by atoms with Crippen LogP contribution in [0.1, 0.15) is 89.0 Å². The predicted octanol–water partition coefficient (Wildman–Crippen LogP) is 3.91. The normalized spacial score (nSPS) is 26.8. The zero-order chi connectivity index (χ0) is 28.6. The largest absolute Gasteiger partial charge is 0.449 e. The van der Waals surface area contributed by atoms with Crippen molar-refractivity contribution in [3.05, 3.63) is 35.9 Å². The standard InChI is InChI=1S/C32H50N4O4/c1-34(2)31(25-26-11-6-5-7-12-26)17-19-32(20-18-31,30(33)39)40-29(38)16-10-15-28(37)36-23-21-35(22-24-36)27-13-8-3-4-9-14-27/h5-7,11-12,27H,3-4,8-10,13-25H2,1-2H3,(H2,33,39). The van der Waals surface area contributed by atoms with E-state index in [-0.39, 0.29) is 17.9 Å². The fourth-order valence-corrected chi connectivity index (χ4v) is 7.05. The van der Waals surface area contributed by atoms with Crippen LogP contribution in [-0.4, -0.2) is 89.9 Å². The molecular weight excluding hydrogens is 504 g/mol. The zero-order valence-corrected chi connectivity index (χ0v) is 24.7. The van der Waals surface area contributed by atoms with Crippen molar-refractivity contribution in [2.75, 3.05) is 40.3 Å². The maximum Gasteiger partial charge on any atom is 0.306 e. The second kappa shape index (κ2) is 13.9. The summed E-state index contributed by atoms with van der Waals surface area (Å²) in [5.41, 5.74) is 5.67. The Hall–Kier alpha value is -2.45. The van der Waals surface area contributed by atoms with Gasteiger partial charge in [-0.2, -0.15) is 0 Å². The highest BCUT2D eigenvalue weighted by Crippen LogP contribution is 2.42. The third-order valence-corrected chi connectivity index (χ3v) is 9.85. The number of carbonyl (C=O) groups is 3. The van der Waals surface area contributed by atoms with Gasteiger partial charge in [-0.25, -0.2) is 0 Å². The Bertz CT molecular complexity index is 974. The third kappa shape index (κ3) is 7.64. The first-order chi connectivity index (χ1) is 19.2. The average Bonchev–Trinajstić information content (AvgIpc) is 3.24. The molecule has 0 atom stereocenters. The molecule has 0 aromatic heterocycles. The third-order valence-electron chi connectivity index (χ3n) is 9.85. The first-order valence-corrected chi connectivity index (χ1v) is 15.5. The fourth-order valence-electron chi connectivity index (χ4n) is 7.05. The summed E-state index contributed by atoms with van der Waals surface area (Å²) in [4.78, 5) is 45.0. The van der Waals surface area contributed by atoms with Crippen LogP contribution in [0.4, 0.5) is 0 Å². The summed E-state index contributed by atoms with van der Waals surface area (Å²) < 4.78 is 5.82. The van der Waals surface area contributed by atoms with Crippen LogP contribution in [0.3, 0.4) is 0 Å². The van der Waals surface area contributed by atoms with Crippen molar-refractivity contribution in [2.24, 2.45) is 5.73 Å². The Kier molecular flexibility index (Phi) is 10.6. The van der Waals surface area contributed by atoms with E-state index in [2.05, 4.69) is 36.0 Å². The summed E-state index contributed by atoms with van der Waals surface area (Å²) >= 11 is 0. The van der Waals surface area contributed by atoms with Crippen LogP contribution >= 0.6 is 0 Å². The SMILES string of the molecule is CN(C)C1(Cc2ccccc2)CCC(OC(=O)CCCC(=O)N2CCN(C3CCCCCC3)CC2)(C(N)=O)CC1. The molecule has 8 nitrogen and oxygen atoms in total. The number of esters is 1. The number of likely N-dealkylation sites (N-methyl/N-ethyl adjacent to an activating group) is 1. The molecule has 2 amide bonds. The van der Waals surface area contributed by atoms with Gasteiger partial charge < -0.3 is 20.3 Å². The second-order valence-electron chi connectivity index (χ2n) is 12.5. The molecule has 40 heavy (non-hydrogen) atoms. The lowest BCUT2D eigenvalue weighted by atomic mass is 9.70. The van der Waals surface area contributed by atoms with Crippen LogP contribution in [-0.2, 0) is 25.5 Å². The van der Waals surface area contributed by atoms with Crippen LogP contribution in [0.15, 0.2) is 30.3 Å². The van der Waals surface area contributed by atoms with Gasteiger partial charge in [-0.1, -0.05) is 56.0 Å². The van der Waals surface area contributed by atoms with Crippen molar-refractivity contribution in [2.45, 2.75) is 107 Å². The minimum atomic E-state index is -1.27. The van der Waals surface area contributed by atoms with Gasteiger partial charge in [0, 0.05) is 50.6 Å². The molecule has 2 aliphatic carbocycles. The van der Waals surface area contributed by atoms with E-state index < -0.39 is 17.5 Å². The topological polar surface area (TPSA) is 96.2 Å². The maximum atomic E-state index is 12.8. The summed E-state index contributed by atoms with van der Waals surface area (Å²) in [5, 5.41) is 0. The summed E-state index contributed by atoms with van der Waals surface area (Å²) in [7, 11) is 4.14. The quantitative estimate of drug-likeness (QED) is 0.348. The summed E-state index contributed by atoms with van der Waals surface area (Å²) in [6.07, 6.45) is 11.9. The van der Waals surface area contributed by atoms with Crippen LogP contribution < -0.4 is 5.73 Å². The molecule has 1 aromatic rings. The molecule has 1 heterocycles. The molecule has 0 bridgehead atoms. The average molecular weight is 555 g/mol. The van der Waals surface area contributed by atoms with E-state index in [1.807, 2.05) is 23.1 Å². The first-order valence-electron chi connectivity index (χ1n) is 15.5. The Balaban J connectivity index is 1.22. The lowest BCUT2D eigenvalue weighted by molar-refractivity contribution is -0.174. The summed E-state index contributed by atoms with van der Waals surface area (Å²) in [6, 6.07) is 11.0. The molecule has 3 aliphatic rings. The summed E-state index contributed by atoms with van der Waals surface area (Å²) in [5.74, 6) is -0.909. The Morgan fingerprint density at radius 2 is 1.52 bits per heavy atom. The van der Waals surface area contributed by atoms with E-state index >= 15 is 0 Å². The molecule has 1 aliphatic heterocycles. The van der Waals surface area contributed by atoms with E-state index in [1.165, 1.54) is 44.1 Å². The van der Waals surface area contributed by atoms with Crippen LogP contribution in [0, 0.1) is 0 Å². The number of piperazine rings is 1. The van der Waals surface area contributed by atoms with Gasteiger partial charge in [-0.3, -0.25) is 19.3 Å². The fraction of sp³-hybridized carbons (Fsp3) is 0.719. The minimum Gasteiger partial charge on any atom is -0.449 e. The minimum absolute atomic E-state index is 0.104. The van der Waals surface area contributed by atoms with Crippen molar-refractivity contribution in [3.63, 3.8) is 0 Å². The van der Waals surface area contributed by atoms with Crippen LogP contribution in [0.25, 0.3) is 0 Å². The number of hydrogen-bond acceptors (Lipinski definition) is 6. The number of hydrogen-bond donors (Lipinski definition) is 1. The van der Waals surface area contributed by atoms with Gasteiger partial charge in [0.1, 0.15) is 0 Å². The van der Waals surface area contributed by atoms with E-state index in [4.69, 9.17) is 10.5 Å². The van der Waals surface area contributed by atoms with Gasteiger partial charge in [-0.15, -0.1) is 0 Å². The van der Waals surface area contributed by atoms with Gasteiger partial charge >= 0.3 is 5.97 Å². The van der Waals surface area contributed by atoms with Crippen molar-refractivity contribution < 1.29 is 19.1 Å². The highest BCUT2D eigenvalue weighted by Gasteiger charge is 2.49. The molecule has 1 aromatic carbocycles. The smallest absolute Gasteiger partial charge is 0.306 e. The second-order valence-corrected chi connectivity index (χ2v) is 12.5. The highest BCUT2D eigenvalue weighted by atomic mass is 16.6. The van der Waals surface area contributed by atoms with Gasteiger partial charge in [-0.05, 0) is 71.0 Å². The summed E-state index contributed by atoms with van der Waals surface area (Å²) in [6.45, 7) is 3.42. The van der Waals surface area contributed by atoms with Gasteiger partial charge in [0.2, 0.25) is 5.91 Å². The molecule has 0 radical (unpaired) electrons. The molecule has 2 saturated carbocycles. The molecule has 8 heteroatoms. The number of primary amides is 1. The van der Waals surface area contributed by atoms with E-state index in [0.29, 0.717) is 44.6 Å². The monoisotopic (exact) mass is 554 g/mol. The molecule has 3 fully saturated rings. The highest BCUT2D eigenvalue weighted by molar-refractivity contribution is 5.87. The van der Waals surface area contributed by atoms with Crippen LogP contribution in [0.2, 0.25) is 0 Å². The number of benzene rings is 1. The van der Waals surface area contributed by atoms with Crippen molar-refractivity contribution >= 4 is 17.8 Å². The number of carbonyl (C=O) groups excluding carboxylic acids is 3. The zero-order valence-electron chi connectivity index (χ0n) is 24.7. The van der Waals surface area contributed by atoms with Gasteiger partial charge in [0.15, 0.2) is 5.60 Å². The lowest BCUT2D eigenvalue weighted by Gasteiger charge is -2.48. The molecule has 0 spiro atoms. The lowest BCUT2D eigenvalue weighted by Crippen LogP contribution is -2.57. The van der Waals surface area contributed by atoms with Crippen molar-refractivity contribution in [3.8, 4) is 0 Å². The molecule has 222 valence electrons. The Morgan fingerprint density at radius 1 is 0.900 bits per heavy atom. The van der Waals surface area contributed by atoms with Gasteiger partial charge in [0.25, 0.3) is 5.91 Å². The number of nitrogens with two attached hydrogens (primary N) is 1. The first kappa shape index (κ1) is 30.5. The van der Waals surface area contributed by atoms with E-state index in [1.54, 1.807) is 0 Å². The molecular formula is C32H50N4O4. The van der Waals surface area contributed by atoms with Crippen molar-refractivity contribution in [1.29, 1.82) is 0 Å². The van der Waals surface area contributed by atoms with E-state index in [0.717, 1.165) is 32.6 Å². The predicted molar refractivity (Wildman–Crippen MR) is 157 cm³/mol. The molecule has 0 unspecified atom stereocenters. The number of rotatable bonds is 10. The number of nitrogens with zero attached hydrogens (tertiary/aromatic N) is 3. The van der Waals surface area contributed by atoms with Gasteiger partial charge in [0.05, 0.1) is 0 Å². The van der Waals surface area contributed by atoms with Crippen molar-refractivity contribution in [1.82, 2.24) is 14.7 Å². The molecule has 1 saturated heterocycles. The number of ether oxygens (including phenoxy) is 1. The molecule has 4 rings (SSSR count). The maximum absolute atomic E-state index is 12.8.